The van der Waals surface area contributed by atoms with Gasteiger partial charge in [-0.2, -0.15) is 4.31 Å². The molecule has 0 spiro atoms. The highest BCUT2D eigenvalue weighted by atomic mass is 32.2. The molecule has 0 heterocycles. The van der Waals surface area contributed by atoms with Crippen molar-refractivity contribution in [2.24, 2.45) is 0 Å². The highest BCUT2D eigenvalue weighted by molar-refractivity contribution is 7.89. The molecule has 0 N–H and O–H groups in total. The van der Waals surface area contributed by atoms with E-state index in [1.807, 2.05) is 6.92 Å². The fourth-order valence-corrected chi connectivity index (χ4v) is 3.30. The van der Waals surface area contributed by atoms with Crippen LogP contribution in [0.15, 0.2) is 53.4 Å². The van der Waals surface area contributed by atoms with Gasteiger partial charge in [-0.1, -0.05) is 31.2 Å². The van der Waals surface area contributed by atoms with Crippen molar-refractivity contribution in [2.75, 3.05) is 7.05 Å². The third-order valence-electron chi connectivity index (χ3n) is 3.59. The molecule has 0 unspecified atom stereocenters. The van der Waals surface area contributed by atoms with E-state index in [1.54, 1.807) is 36.4 Å². The zero-order valence-electron chi connectivity index (χ0n) is 13.0. The molecule has 6 nitrogen and oxygen atoms in total. The van der Waals surface area contributed by atoms with Crippen LogP contribution in [0.3, 0.4) is 0 Å². The Morgan fingerprint density at radius 3 is 2.00 bits per heavy atom. The van der Waals surface area contributed by atoms with Crippen LogP contribution < -0.4 is 0 Å². The van der Waals surface area contributed by atoms with Crippen LogP contribution in [0.5, 0.6) is 0 Å². The smallest absolute Gasteiger partial charge is 0.258 e. The highest BCUT2D eigenvalue weighted by Crippen LogP contribution is 2.19. The maximum Gasteiger partial charge on any atom is 0.269 e. The molecule has 0 fully saturated rings. The molecule has 0 aliphatic heterocycles. The minimum Gasteiger partial charge on any atom is -0.258 e. The Kier molecular flexibility index (Phi) is 5.12. The number of aryl methyl sites for hydroxylation is 1. The number of benzene rings is 2. The second-order valence-corrected chi connectivity index (χ2v) is 7.23. The Balaban J connectivity index is 2.17. The summed E-state index contributed by atoms with van der Waals surface area (Å²) in [6, 6.07) is 12.6. The van der Waals surface area contributed by atoms with E-state index < -0.39 is 14.9 Å². The van der Waals surface area contributed by atoms with Gasteiger partial charge in [0.25, 0.3) is 5.69 Å². The van der Waals surface area contributed by atoms with Gasteiger partial charge in [0.1, 0.15) is 0 Å². The third kappa shape index (κ3) is 3.94. The van der Waals surface area contributed by atoms with Crippen LogP contribution in [-0.2, 0) is 23.0 Å². The first-order chi connectivity index (χ1) is 10.8. The Morgan fingerprint density at radius 1 is 1.00 bits per heavy atom. The normalized spacial score (nSPS) is 11.6. The quantitative estimate of drug-likeness (QED) is 0.601. The van der Waals surface area contributed by atoms with E-state index in [4.69, 9.17) is 0 Å². The number of non-ortho nitro benzene ring substituents is 1. The van der Waals surface area contributed by atoms with Crippen LogP contribution in [0.2, 0.25) is 0 Å². The fraction of sp³-hybridized carbons (Fsp3) is 0.250. The van der Waals surface area contributed by atoms with E-state index in [2.05, 4.69) is 0 Å². The Bertz CT molecular complexity index is 784. The van der Waals surface area contributed by atoms with E-state index >= 15 is 0 Å². The van der Waals surface area contributed by atoms with Gasteiger partial charge in [-0.05, 0) is 29.7 Å². The Labute approximate surface area is 135 Å². The highest BCUT2D eigenvalue weighted by Gasteiger charge is 2.21. The van der Waals surface area contributed by atoms with Crippen LogP contribution >= 0.6 is 0 Å². The van der Waals surface area contributed by atoms with Crippen molar-refractivity contribution in [3.8, 4) is 0 Å². The lowest BCUT2D eigenvalue weighted by atomic mass is 10.2. The maximum atomic E-state index is 12.5. The van der Waals surface area contributed by atoms with E-state index in [0.717, 1.165) is 12.0 Å². The topological polar surface area (TPSA) is 80.5 Å². The second-order valence-electron chi connectivity index (χ2n) is 5.18. The van der Waals surface area contributed by atoms with Crippen LogP contribution in [0.1, 0.15) is 18.1 Å². The molecule has 122 valence electrons. The summed E-state index contributed by atoms with van der Waals surface area (Å²) in [6.07, 6.45) is 0.846. The Hall–Kier alpha value is -2.25. The molecule has 0 atom stereocenters. The summed E-state index contributed by atoms with van der Waals surface area (Å²) in [5, 5.41) is 10.6. The number of hydrogen-bond acceptors (Lipinski definition) is 4. The molecule has 7 heteroatoms. The van der Waals surface area contributed by atoms with Crippen molar-refractivity contribution in [1.29, 1.82) is 0 Å². The molecular formula is C16H18N2O4S. The minimum atomic E-state index is -3.59. The summed E-state index contributed by atoms with van der Waals surface area (Å²) < 4.78 is 26.3. The lowest BCUT2D eigenvalue weighted by Gasteiger charge is -2.17. The van der Waals surface area contributed by atoms with Crippen LogP contribution in [-0.4, -0.2) is 24.7 Å². The molecule has 2 rings (SSSR count). The molecule has 0 saturated heterocycles. The van der Waals surface area contributed by atoms with Crippen molar-refractivity contribution in [3.05, 3.63) is 69.8 Å². The van der Waals surface area contributed by atoms with Gasteiger partial charge in [0.15, 0.2) is 0 Å². The summed E-state index contributed by atoms with van der Waals surface area (Å²) in [6.45, 7) is 2.15. The van der Waals surface area contributed by atoms with Gasteiger partial charge >= 0.3 is 0 Å². The first-order valence-corrected chi connectivity index (χ1v) is 8.57. The van der Waals surface area contributed by atoms with Crippen LogP contribution in [0.4, 0.5) is 5.69 Å². The number of nitro benzene ring substituents is 1. The van der Waals surface area contributed by atoms with Crippen molar-refractivity contribution in [1.82, 2.24) is 4.31 Å². The van der Waals surface area contributed by atoms with Gasteiger partial charge in [-0.15, -0.1) is 0 Å². The van der Waals surface area contributed by atoms with Crippen molar-refractivity contribution < 1.29 is 13.3 Å². The Morgan fingerprint density at radius 2 is 1.52 bits per heavy atom. The predicted molar refractivity (Wildman–Crippen MR) is 87.6 cm³/mol. The van der Waals surface area contributed by atoms with Crippen LogP contribution in [0, 0.1) is 10.1 Å². The summed E-state index contributed by atoms with van der Waals surface area (Å²) in [5.41, 5.74) is 1.74. The van der Waals surface area contributed by atoms with Gasteiger partial charge < -0.3 is 0 Å². The van der Waals surface area contributed by atoms with E-state index in [1.165, 1.54) is 23.5 Å². The van der Waals surface area contributed by atoms with Crippen molar-refractivity contribution >= 4 is 15.7 Å². The molecule has 0 radical (unpaired) electrons. The number of hydrogen-bond donors (Lipinski definition) is 0. The molecule has 0 saturated carbocycles. The average molecular weight is 334 g/mol. The third-order valence-corrected chi connectivity index (χ3v) is 5.41. The van der Waals surface area contributed by atoms with Crippen LogP contribution in [0.25, 0.3) is 0 Å². The standard InChI is InChI=1S/C16H18N2O4S/c1-3-13-6-10-16(11-7-13)23(21,22)17(2)12-14-4-8-15(9-5-14)18(19)20/h4-11H,3,12H2,1-2H3. The van der Waals surface area contributed by atoms with Crippen molar-refractivity contribution in [3.63, 3.8) is 0 Å². The summed E-state index contributed by atoms with van der Waals surface area (Å²) >= 11 is 0. The van der Waals surface area contributed by atoms with Gasteiger partial charge in [0.05, 0.1) is 9.82 Å². The average Bonchev–Trinajstić information content (AvgIpc) is 2.55. The number of rotatable bonds is 6. The van der Waals surface area contributed by atoms with Gasteiger partial charge in [-0.25, -0.2) is 8.42 Å². The lowest BCUT2D eigenvalue weighted by Crippen LogP contribution is -2.26. The fourth-order valence-electron chi connectivity index (χ4n) is 2.14. The second kappa shape index (κ2) is 6.89. The molecule has 2 aromatic rings. The van der Waals surface area contributed by atoms with E-state index in [0.29, 0.717) is 5.56 Å². The molecule has 2 aromatic carbocycles. The zero-order valence-corrected chi connectivity index (χ0v) is 13.8. The first kappa shape index (κ1) is 17.1. The predicted octanol–water partition coefficient (Wildman–Crippen LogP) is 2.98. The number of nitro groups is 1. The van der Waals surface area contributed by atoms with Gasteiger partial charge in [0.2, 0.25) is 10.0 Å². The largest absolute Gasteiger partial charge is 0.269 e. The summed E-state index contributed by atoms with van der Waals surface area (Å²) in [4.78, 5) is 10.4. The van der Waals surface area contributed by atoms with Gasteiger partial charge in [0, 0.05) is 25.7 Å². The summed E-state index contributed by atoms with van der Waals surface area (Å²) in [5.74, 6) is 0. The lowest BCUT2D eigenvalue weighted by molar-refractivity contribution is -0.384. The molecule has 0 amide bonds. The molecule has 0 aliphatic rings. The van der Waals surface area contributed by atoms with E-state index in [-0.39, 0.29) is 17.1 Å². The molecule has 0 aliphatic carbocycles. The SMILES string of the molecule is CCc1ccc(S(=O)(=O)N(C)Cc2ccc([N+](=O)[O-])cc2)cc1. The maximum absolute atomic E-state index is 12.5. The minimum absolute atomic E-state index is 0.0191. The van der Waals surface area contributed by atoms with Crippen molar-refractivity contribution in [2.45, 2.75) is 24.8 Å². The summed E-state index contributed by atoms with van der Waals surface area (Å²) in [7, 11) is -2.10. The number of sulfonamides is 1. The molecule has 23 heavy (non-hydrogen) atoms. The number of nitrogens with zero attached hydrogens (tertiary/aromatic N) is 2. The molecular weight excluding hydrogens is 316 g/mol. The zero-order chi connectivity index (χ0) is 17.0. The van der Waals surface area contributed by atoms with Gasteiger partial charge in [-0.3, -0.25) is 10.1 Å². The first-order valence-electron chi connectivity index (χ1n) is 7.13. The molecule has 0 bridgehead atoms. The monoisotopic (exact) mass is 334 g/mol. The van der Waals surface area contributed by atoms with E-state index in [9.17, 15) is 18.5 Å². The molecule has 0 aromatic heterocycles.